The van der Waals surface area contributed by atoms with Crippen LogP contribution in [0, 0.1) is 0 Å². The zero-order chi connectivity index (χ0) is 19.1. The topological polar surface area (TPSA) is 41.0 Å². The maximum atomic E-state index is 5.89. The molecule has 0 N–H and O–H groups in total. The third kappa shape index (κ3) is 3.04. The van der Waals surface area contributed by atoms with Crippen molar-refractivity contribution >= 4 is 22.6 Å². The van der Waals surface area contributed by atoms with Crippen molar-refractivity contribution in [2.45, 2.75) is 37.1 Å². The molecule has 1 aromatic heterocycles. The van der Waals surface area contributed by atoms with Crippen LogP contribution >= 0.6 is 11.8 Å². The van der Waals surface area contributed by atoms with Gasteiger partial charge in [-0.1, -0.05) is 30.8 Å². The van der Waals surface area contributed by atoms with E-state index in [4.69, 9.17) is 9.73 Å². The van der Waals surface area contributed by atoms with Gasteiger partial charge in [0.25, 0.3) is 0 Å². The van der Waals surface area contributed by atoms with Crippen molar-refractivity contribution in [2.24, 2.45) is 4.99 Å². The van der Waals surface area contributed by atoms with Crippen LogP contribution in [0.15, 0.2) is 47.6 Å². The van der Waals surface area contributed by atoms with Gasteiger partial charge in [0.15, 0.2) is 5.17 Å². The van der Waals surface area contributed by atoms with Gasteiger partial charge < -0.3 is 14.5 Å². The highest BCUT2D eigenvalue weighted by atomic mass is 32.2. The summed E-state index contributed by atoms with van der Waals surface area (Å²) < 4.78 is 5.89. The normalized spacial score (nSPS) is 26.5. The van der Waals surface area contributed by atoms with Gasteiger partial charge >= 0.3 is 0 Å². The number of hydrogen-bond donors (Lipinski definition) is 0. The second-order valence-electron chi connectivity index (χ2n) is 7.76. The number of rotatable bonds is 4. The lowest BCUT2D eigenvalue weighted by Crippen LogP contribution is -2.29. The van der Waals surface area contributed by atoms with Gasteiger partial charge in [0.1, 0.15) is 11.8 Å². The summed E-state index contributed by atoms with van der Waals surface area (Å²) in [7, 11) is 1.78. The summed E-state index contributed by atoms with van der Waals surface area (Å²) in [5, 5.41) is 1.69. The average Bonchev–Trinajstić information content (AvgIpc) is 3.44. The molecule has 3 aliphatic heterocycles. The van der Waals surface area contributed by atoms with E-state index in [1.807, 2.05) is 30.1 Å². The molecule has 0 amide bonds. The zero-order valence-corrected chi connectivity index (χ0v) is 17.2. The molecule has 4 heterocycles. The first-order chi connectivity index (χ1) is 13.7. The Hall–Kier alpha value is -2.21. The van der Waals surface area contributed by atoms with E-state index in [1.54, 1.807) is 7.11 Å². The van der Waals surface area contributed by atoms with E-state index in [2.05, 4.69) is 46.0 Å². The third-order valence-electron chi connectivity index (χ3n) is 5.89. The molecule has 1 aromatic carbocycles. The quantitative estimate of drug-likeness (QED) is 0.774. The molecular formula is C22H26N4OS. The van der Waals surface area contributed by atoms with Crippen LogP contribution in [0.25, 0.3) is 0 Å². The summed E-state index contributed by atoms with van der Waals surface area (Å²) in [6.07, 6.45) is 4.41. The number of hydrogen-bond acceptors (Lipinski definition) is 6. The number of pyridine rings is 1. The summed E-state index contributed by atoms with van der Waals surface area (Å²) in [5.74, 6) is 0.955. The molecule has 5 nitrogen and oxygen atoms in total. The predicted octanol–water partition coefficient (Wildman–Crippen LogP) is 4.28. The Morgan fingerprint density at radius 3 is 2.75 bits per heavy atom. The van der Waals surface area contributed by atoms with Gasteiger partial charge in [-0.3, -0.25) is 9.98 Å². The summed E-state index contributed by atoms with van der Waals surface area (Å²) in [6, 6.07) is 12.9. The van der Waals surface area contributed by atoms with Crippen molar-refractivity contribution in [3.8, 4) is 5.75 Å². The third-order valence-corrected chi connectivity index (χ3v) is 6.99. The van der Waals surface area contributed by atoms with Crippen molar-refractivity contribution in [1.29, 1.82) is 0 Å². The van der Waals surface area contributed by atoms with Crippen molar-refractivity contribution in [3.05, 3.63) is 53.9 Å². The van der Waals surface area contributed by atoms with Gasteiger partial charge in [0.2, 0.25) is 0 Å². The van der Waals surface area contributed by atoms with E-state index in [1.165, 1.54) is 24.1 Å². The van der Waals surface area contributed by atoms with Crippen molar-refractivity contribution < 1.29 is 4.74 Å². The predicted molar refractivity (Wildman–Crippen MR) is 115 cm³/mol. The lowest BCUT2D eigenvalue weighted by molar-refractivity contribution is 0.307. The number of aliphatic imine (C=N–C) groups is 1. The van der Waals surface area contributed by atoms with Crippen LogP contribution < -0.4 is 9.64 Å². The fraction of sp³-hybridized carbons (Fsp3) is 0.455. The van der Waals surface area contributed by atoms with Gasteiger partial charge in [0, 0.05) is 48.4 Å². The Kier molecular flexibility index (Phi) is 4.67. The Morgan fingerprint density at radius 2 is 2.00 bits per heavy atom. The summed E-state index contributed by atoms with van der Waals surface area (Å²) in [6.45, 7) is 5.55. The number of anilines is 1. The van der Waals surface area contributed by atoms with Crippen LogP contribution in [0.2, 0.25) is 0 Å². The van der Waals surface area contributed by atoms with Gasteiger partial charge in [-0.2, -0.15) is 0 Å². The molecule has 5 rings (SSSR count). The second kappa shape index (κ2) is 7.32. The molecule has 3 atom stereocenters. The lowest BCUT2D eigenvalue weighted by Gasteiger charge is -2.29. The molecule has 0 bridgehead atoms. The molecule has 28 heavy (non-hydrogen) atoms. The molecular weight excluding hydrogens is 368 g/mol. The Balaban J connectivity index is 1.55. The molecule has 2 fully saturated rings. The van der Waals surface area contributed by atoms with E-state index in [0.29, 0.717) is 5.25 Å². The molecule has 3 aliphatic rings. The minimum atomic E-state index is 0.00253. The highest BCUT2D eigenvalue weighted by Gasteiger charge is 2.44. The number of methoxy groups -OCH3 is 1. The van der Waals surface area contributed by atoms with E-state index < -0.39 is 0 Å². The second-order valence-corrected chi connectivity index (χ2v) is 9.16. The lowest BCUT2D eigenvalue weighted by atomic mass is 9.95. The minimum absolute atomic E-state index is 0.00253. The minimum Gasteiger partial charge on any atom is -0.496 e. The average molecular weight is 395 g/mol. The van der Waals surface area contributed by atoms with Gasteiger partial charge in [-0.05, 0) is 31.0 Å². The largest absolute Gasteiger partial charge is 0.496 e. The fourth-order valence-electron chi connectivity index (χ4n) is 4.57. The summed E-state index contributed by atoms with van der Waals surface area (Å²) in [4.78, 5) is 14.6. The van der Waals surface area contributed by atoms with Crippen LogP contribution in [0.5, 0.6) is 5.75 Å². The smallest absolute Gasteiger partial charge is 0.160 e. The number of ether oxygens (including phenoxy) is 1. The maximum Gasteiger partial charge on any atom is 0.160 e. The highest BCUT2D eigenvalue weighted by molar-refractivity contribution is 8.14. The molecule has 0 saturated carbocycles. The maximum absolute atomic E-state index is 5.89. The monoisotopic (exact) mass is 394 g/mol. The molecule has 146 valence electrons. The molecule has 6 heteroatoms. The van der Waals surface area contributed by atoms with Crippen molar-refractivity contribution in [3.63, 3.8) is 0 Å². The Bertz CT molecular complexity index is 881. The van der Waals surface area contributed by atoms with Crippen molar-refractivity contribution in [1.82, 2.24) is 9.88 Å². The fourth-order valence-corrected chi connectivity index (χ4v) is 5.66. The summed E-state index contributed by atoms with van der Waals surface area (Å²) in [5.41, 5.74) is 3.48. The first-order valence-corrected chi connectivity index (χ1v) is 11.0. The highest BCUT2D eigenvalue weighted by Crippen LogP contribution is 2.50. The molecule has 0 radical (unpaired) electrons. The van der Waals surface area contributed by atoms with Crippen LogP contribution in [-0.2, 0) is 0 Å². The molecule has 0 aliphatic carbocycles. The summed E-state index contributed by atoms with van der Waals surface area (Å²) >= 11 is 1.87. The Labute approximate surface area is 170 Å². The SMILES string of the molecule is COc1cc(N2CCCC2)ccc1[C@H]1[C@@H](c2ccccn2)N=C2S[C@@H](C)CN21. The Morgan fingerprint density at radius 1 is 1.14 bits per heavy atom. The van der Waals surface area contributed by atoms with Crippen molar-refractivity contribution in [2.75, 3.05) is 31.6 Å². The first kappa shape index (κ1) is 17.9. The number of nitrogens with zero attached hydrogens (tertiary/aromatic N) is 4. The van der Waals surface area contributed by atoms with Crippen LogP contribution in [0.1, 0.15) is 43.1 Å². The number of aromatic nitrogens is 1. The number of fused-ring (bicyclic) bond motifs is 1. The van der Waals surface area contributed by atoms with Crippen LogP contribution in [0.3, 0.4) is 0 Å². The van der Waals surface area contributed by atoms with Gasteiger partial charge in [-0.25, -0.2) is 0 Å². The molecule has 0 unspecified atom stereocenters. The van der Waals surface area contributed by atoms with E-state index >= 15 is 0 Å². The van der Waals surface area contributed by atoms with Crippen LogP contribution in [0.4, 0.5) is 5.69 Å². The molecule has 0 spiro atoms. The first-order valence-electron chi connectivity index (χ1n) is 10.1. The standard InChI is InChI=1S/C22H26N4OS/c1-15-14-26-21(20(24-22(26)28-15)18-7-3-4-10-23-18)17-9-8-16(13-19(17)27-2)25-11-5-6-12-25/h3-4,7-10,13,15,20-21H,5-6,11-12,14H2,1-2H3/t15-,20+,21-/m0/s1. The number of amidine groups is 1. The van der Waals surface area contributed by atoms with Gasteiger partial charge in [-0.15, -0.1) is 0 Å². The van der Waals surface area contributed by atoms with E-state index in [9.17, 15) is 0 Å². The number of thioether (sulfide) groups is 1. The molecule has 2 saturated heterocycles. The zero-order valence-electron chi connectivity index (χ0n) is 16.4. The van der Waals surface area contributed by atoms with Crippen LogP contribution in [-0.4, -0.2) is 47.0 Å². The number of benzene rings is 1. The van der Waals surface area contributed by atoms with E-state index in [-0.39, 0.29) is 12.1 Å². The van der Waals surface area contributed by atoms with Gasteiger partial charge in [0.05, 0.1) is 18.8 Å². The van der Waals surface area contributed by atoms with E-state index in [0.717, 1.165) is 36.2 Å². The molecule has 2 aromatic rings.